The second-order valence-corrected chi connectivity index (χ2v) is 19.0. The number of fused-ring (bicyclic) bond motifs is 3. The predicted molar refractivity (Wildman–Crippen MR) is 220 cm³/mol. The van der Waals surface area contributed by atoms with E-state index < -0.39 is 0 Å². The van der Waals surface area contributed by atoms with E-state index in [-0.39, 0.29) is 75.9 Å². The van der Waals surface area contributed by atoms with E-state index in [1.165, 1.54) is 0 Å². The molecule has 316 valence electrons. The van der Waals surface area contributed by atoms with Gasteiger partial charge in [-0.25, -0.2) is 0 Å². The Morgan fingerprint density at radius 1 is 0.458 bits per heavy atom. The van der Waals surface area contributed by atoms with Crippen molar-refractivity contribution in [3.8, 4) is 34.5 Å². The summed E-state index contributed by atoms with van der Waals surface area (Å²) in [6, 6.07) is 9.48. The fourth-order valence-electron chi connectivity index (χ4n) is 12.9. The van der Waals surface area contributed by atoms with Crippen LogP contribution in [0.1, 0.15) is 118 Å². The molecule has 3 aliphatic heterocycles. The van der Waals surface area contributed by atoms with Crippen LogP contribution in [0.5, 0.6) is 34.5 Å². The largest absolute Gasteiger partial charge is 0.504 e. The molecule has 6 N–H and O–H groups in total. The normalized spacial score (nSPS) is 26.4. The summed E-state index contributed by atoms with van der Waals surface area (Å²) in [5.41, 5.74) is 5.23. The Morgan fingerprint density at radius 2 is 0.712 bits per heavy atom. The molecule has 3 amide bonds. The maximum Gasteiger partial charge on any atom is 0.222 e. The Hall–Kier alpha value is -5.13. The van der Waals surface area contributed by atoms with Crippen molar-refractivity contribution >= 4 is 17.7 Å². The number of carbonyl (C=O) groups excluding carboxylic acids is 3. The number of hydrogen-bond donors (Lipinski definition) is 6. The molecule has 3 heterocycles. The zero-order chi connectivity index (χ0) is 40.6. The first-order valence-electron chi connectivity index (χ1n) is 21.1. The summed E-state index contributed by atoms with van der Waals surface area (Å²) >= 11 is 0. The van der Waals surface area contributed by atoms with E-state index >= 15 is 0 Å². The van der Waals surface area contributed by atoms with Gasteiger partial charge in [0.1, 0.15) is 0 Å². The highest BCUT2D eigenvalue weighted by Crippen LogP contribution is 2.73. The number of hydrogen-bond acceptors (Lipinski definition) is 9. The Labute approximate surface area is 346 Å². The molecule has 10 rings (SSSR count). The summed E-state index contributed by atoms with van der Waals surface area (Å²) in [6.45, 7) is 2.89. The smallest absolute Gasteiger partial charge is 0.222 e. The molecule has 0 atom stereocenters. The fraction of sp³-hybridized carbons (Fsp3) is 0.553. The van der Waals surface area contributed by atoms with Gasteiger partial charge >= 0.3 is 0 Å². The molecule has 0 aromatic heterocycles. The van der Waals surface area contributed by atoms with Crippen LogP contribution < -0.4 is 0 Å². The van der Waals surface area contributed by atoms with E-state index in [0.29, 0.717) is 83.7 Å². The number of amides is 3. The minimum Gasteiger partial charge on any atom is -0.504 e. The van der Waals surface area contributed by atoms with Crippen molar-refractivity contribution in [2.75, 3.05) is 19.6 Å². The standard InChI is InChI=1S/C46H55N3O9.CH4/c50-35-13-29-4-10-47(22-32(29)16-38(35)53)41(56)1-7-44-19-28-20-45(25-44,8-2-42(57)48-11-5-30-14-36(51)39(54)17-33(30)23-48)27-46(21-28,26-44)9-3-43(58)49-12-6-31-15-37(52)40(55)18-34(31)24-49;/h13-18,28,50-55H,1-12,19-27H2;1H4. The summed E-state index contributed by atoms with van der Waals surface area (Å²) in [4.78, 5) is 47.3. The van der Waals surface area contributed by atoms with E-state index in [9.17, 15) is 45.0 Å². The lowest BCUT2D eigenvalue weighted by Crippen LogP contribution is -2.57. The molecule has 0 unspecified atom stereocenters. The van der Waals surface area contributed by atoms with Gasteiger partial charge < -0.3 is 45.3 Å². The zero-order valence-electron chi connectivity index (χ0n) is 33.1. The van der Waals surface area contributed by atoms with Gasteiger partial charge in [-0.2, -0.15) is 0 Å². The van der Waals surface area contributed by atoms with Crippen LogP contribution in [0.15, 0.2) is 36.4 Å². The first-order valence-corrected chi connectivity index (χ1v) is 21.1. The average molecular weight is 810 g/mol. The van der Waals surface area contributed by atoms with Gasteiger partial charge in [-0.05, 0) is 169 Å². The van der Waals surface area contributed by atoms with Crippen molar-refractivity contribution in [1.82, 2.24) is 14.7 Å². The van der Waals surface area contributed by atoms with Crippen LogP contribution in [-0.2, 0) is 53.3 Å². The van der Waals surface area contributed by atoms with E-state index in [1.807, 2.05) is 14.7 Å². The lowest BCUT2D eigenvalue weighted by molar-refractivity contribution is -0.173. The summed E-state index contributed by atoms with van der Waals surface area (Å²) in [6.07, 6.45) is 11.5. The van der Waals surface area contributed by atoms with Gasteiger partial charge in [0, 0.05) is 58.5 Å². The summed E-state index contributed by atoms with van der Waals surface area (Å²) in [7, 11) is 0. The highest BCUT2D eigenvalue weighted by atomic mass is 16.3. The third kappa shape index (κ3) is 7.75. The van der Waals surface area contributed by atoms with Crippen LogP contribution in [0, 0.1) is 22.2 Å². The molecule has 3 aromatic rings. The van der Waals surface area contributed by atoms with Gasteiger partial charge in [0.05, 0.1) is 0 Å². The maximum absolute atomic E-state index is 13.9. The molecule has 12 heteroatoms. The number of aromatic hydroxyl groups is 6. The minimum atomic E-state index is -0.177. The second-order valence-electron chi connectivity index (χ2n) is 19.0. The maximum atomic E-state index is 13.9. The summed E-state index contributed by atoms with van der Waals surface area (Å²) in [5, 5.41) is 60.4. The van der Waals surface area contributed by atoms with Crippen LogP contribution in [0.25, 0.3) is 0 Å². The average Bonchev–Trinajstić information content (AvgIpc) is 3.18. The van der Waals surface area contributed by atoms with E-state index in [2.05, 4.69) is 0 Å². The van der Waals surface area contributed by atoms with Crippen molar-refractivity contribution in [3.63, 3.8) is 0 Å². The zero-order valence-corrected chi connectivity index (χ0v) is 33.1. The van der Waals surface area contributed by atoms with Gasteiger partial charge in [0.25, 0.3) is 0 Å². The molecule has 4 saturated carbocycles. The van der Waals surface area contributed by atoms with Crippen molar-refractivity contribution in [2.24, 2.45) is 22.2 Å². The predicted octanol–water partition coefficient (Wildman–Crippen LogP) is 6.91. The summed E-state index contributed by atoms with van der Waals surface area (Å²) in [5.74, 6) is -0.212. The van der Waals surface area contributed by atoms with E-state index in [4.69, 9.17) is 0 Å². The number of carbonyl (C=O) groups is 3. The van der Waals surface area contributed by atoms with Gasteiger partial charge in [-0.3, -0.25) is 14.4 Å². The molecule has 0 saturated heterocycles. The first-order chi connectivity index (χ1) is 27.7. The molecule has 12 nitrogen and oxygen atoms in total. The topological polar surface area (TPSA) is 182 Å². The van der Waals surface area contributed by atoms with Crippen LogP contribution in [0.2, 0.25) is 0 Å². The quantitative estimate of drug-likeness (QED) is 0.125. The monoisotopic (exact) mass is 809 g/mol. The SMILES string of the molecule is C.O=C(CCC12CC3CC(CCC(=O)N4CCc5cc(O)c(O)cc5C4)(C1)CC(CCC(=O)N1CCc4cc(O)c(O)cc4C1)(C3)C2)N1CCc2cc(O)c(O)cc2C1. The van der Waals surface area contributed by atoms with E-state index in [1.54, 1.807) is 36.4 Å². The number of benzene rings is 3. The molecule has 3 aromatic carbocycles. The van der Waals surface area contributed by atoms with Crippen molar-refractivity contribution in [2.45, 2.75) is 123 Å². The van der Waals surface area contributed by atoms with Gasteiger partial charge in [-0.1, -0.05) is 7.43 Å². The molecule has 0 spiro atoms. The summed E-state index contributed by atoms with van der Waals surface area (Å²) < 4.78 is 0. The lowest BCUT2D eigenvalue weighted by Gasteiger charge is -2.67. The molecular weight excluding hydrogens is 751 g/mol. The number of nitrogens with zero attached hydrogens (tertiary/aromatic N) is 3. The van der Waals surface area contributed by atoms with Crippen LogP contribution >= 0.6 is 0 Å². The van der Waals surface area contributed by atoms with Gasteiger partial charge in [-0.15, -0.1) is 0 Å². The highest BCUT2D eigenvalue weighted by Gasteiger charge is 2.62. The first kappa shape index (κ1) is 40.6. The van der Waals surface area contributed by atoms with Gasteiger partial charge in [0.2, 0.25) is 17.7 Å². The second kappa shape index (κ2) is 15.2. The Balaban J connectivity index is 0.00000484. The van der Waals surface area contributed by atoms with Crippen LogP contribution in [0.4, 0.5) is 0 Å². The van der Waals surface area contributed by atoms with Crippen molar-refractivity contribution in [3.05, 3.63) is 69.8 Å². The molecule has 59 heavy (non-hydrogen) atoms. The molecule has 4 aliphatic carbocycles. The lowest BCUT2D eigenvalue weighted by atomic mass is 9.37. The van der Waals surface area contributed by atoms with E-state index in [0.717, 1.165) is 91.2 Å². The Morgan fingerprint density at radius 3 is 0.983 bits per heavy atom. The van der Waals surface area contributed by atoms with Crippen molar-refractivity contribution in [1.29, 1.82) is 0 Å². The Bertz CT molecular complexity index is 1940. The van der Waals surface area contributed by atoms with Crippen LogP contribution in [0.3, 0.4) is 0 Å². The third-order valence-corrected chi connectivity index (χ3v) is 15.0. The fourth-order valence-corrected chi connectivity index (χ4v) is 12.9. The van der Waals surface area contributed by atoms with Crippen molar-refractivity contribution < 1.29 is 45.0 Å². The molecule has 7 aliphatic rings. The molecule has 0 radical (unpaired) electrons. The molecule has 4 fully saturated rings. The minimum absolute atomic E-state index is 0. The molecular formula is C47H59N3O9. The molecule has 4 bridgehead atoms. The van der Waals surface area contributed by atoms with Gasteiger partial charge in [0.15, 0.2) is 34.5 Å². The number of phenols is 6. The Kier molecular flexibility index (Phi) is 10.4. The highest BCUT2D eigenvalue weighted by molar-refractivity contribution is 5.78. The van der Waals surface area contributed by atoms with Crippen LogP contribution in [-0.4, -0.2) is 82.7 Å². The number of phenolic OH excluding ortho intramolecular Hbond substituents is 6. The third-order valence-electron chi connectivity index (χ3n) is 15.0. The number of rotatable bonds is 9.